The molecule has 1 fully saturated rings. The summed E-state index contributed by atoms with van der Waals surface area (Å²) in [5.41, 5.74) is 6.19. The van der Waals surface area contributed by atoms with Crippen LogP contribution in [0.25, 0.3) is 0 Å². The number of aliphatic hydroxyl groups is 1. The van der Waals surface area contributed by atoms with E-state index in [4.69, 9.17) is 10.9 Å². The van der Waals surface area contributed by atoms with Gasteiger partial charge >= 0.3 is 0 Å². The Morgan fingerprint density at radius 2 is 2.35 bits per heavy atom. The number of likely N-dealkylation sites (tertiary alicyclic amines) is 1. The summed E-state index contributed by atoms with van der Waals surface area (Å²) >= 11 is 0. The van der Waals surface area contributed by atoms with Gasteiger partial charge in [-0.05, 0) is 25.5 Å². The number of aliphatic hydroxyl groups excluding tert-OH is 1. The van der Waals surface area contributed by atoms with Crippen LogP contribution < -0.4 is 5.73 Å². The van der Waals surface area contributed by atoms with E-state index in [1.54, 1.807) is 24.0 Å². The van der Waals surface area contributed by atoms with Gasteiger partial charge in [0.1, 0.15) is 5.69 Å². The number of nitrogens with zero attached hydrogens (tertiary/aromatic N) is 3. The summed E-state index contributed by atoms with van der Waals surface area (Å²) in [6, 6.07) is 3.13. The zero-order chi connectivity index (χ0) is 14.7. The van der Waals surface area contributed by atoms with Crippen molar-refractivity contribution in [3.63, 3.8) is 0 Å². The second kappa shape index (κ2) is 5.87. The second-order valence-electron chi connectivity index (χ2n) is 4.96. The van der Waals surface area contributed by atoms with Gasteiger partial charge in [0.05, 0.1) is 6.10 Å². The van der Waals surface area contributed by atoms with Gasteiger partial charge in [-0.15, -0.1) is 0 Å². The summed E-state index contributed by atoms with van der Waals surface area (Å²) in [6.45, 7) is 2.90. The fourth-order valence-electron chi connectivity index (χ4n) is 2.26. The molecule has 0 aromatic carbocycles. The highest BCUT2D eigenvalue weighted by Gasteiger charge is 2.30. The van der Waals surface area contributed by atoms with Crippen LogP contribution in [-0.2, 0) is 0 Å². The molecule has 1 aromatic rings. The van der Waals surface area contributed by atoms with Gasteiger partial charge in [-0.1, -0.05) is 5.16 Å². The third-order valence-electron chi connectivity index (χ3n) is 3.58. The molecule has 2 rings (SSSR count). The topological polar surface area (TPSA) is 112 Å². The van der Waals surface area contributed by atoms with Gasteiger partial charge < -0.3 is 20.9 Å². The first-order valence-corrected chi connectivity index (χ1v) is 6.44. The van der Waals surface area contributed by atoms with Crippen molar-refractivity contribution in [3.05, 3.63) is 29.6 Å². The van der Waals surface area contributed by atoms with Crippen molar-refractivity contribution in [1.82, 2.24) is 9.88 Å². The van der Waals surface area contributed by atoms with Crippen molar-refractivity contribution >= 4 is 11.7 Å². The van der Waals surface area contributed by atoms with Crippen molar-refractivity contribution in [1.29, 1.82) is 0 Å². The van der Waals surface area contributed by atoms with E-state index in [1.807, 2.05) is 0 Å². The maximum atomic E-state index is 12.2. The van der Waals surface area contributed by atoms with Gasteiger partial charge in [-0.25, -0.2) is 0 Å². The van der Waals surface area contributed by atoms with Crippen LogP contribution in [0, 0.1) is 5.92 Å². The van der Waals surface area contributed by atoms with Crippen molar-refractivity contribution < 1.29 is 15.1 Å². The molecule has 0 bridgehead atoms. The van der Waals surface area contributed by atoms with E-state index in [1.165, 1.54) is 6.20 Å². The third kappa shape index (κ3) is 2.88. The average Bonchev–Trinajstić information content (AvgIpc) is 2.96. The van der Waals surface area contributed by atoms with E-state index in [0.717, 1.165) is 6.42 Å². The number of hydrogen-bond donors (Lipinski definition) is 3. The zero-order valence-electron chi connectivity index (χ0n) is 11.2. The summed E-state index contributed by atoms with van der Waals surface area (Å²) in [5, 5.41) is 21.0. The number of pyridine rings is 1. The highest BCUT2D eigenvalue weighted by atomic mass is 16.4. The third-order valence-corrected chi connectivity index (χ3v) is 3.58. The molecule has 1 aliphatic heterocycles. The molecule has 2 atom stereocenters. The molecular formula is C13H18N4O3. The summed E-state index contributed by atoms with van der Waals surface area (Å²) in [4.78, 5) is 18.0. The number of amidine groups is 1. The summed E-state index contributed by atoms with van der Waals surface area (Å²) in [5.74, 6) is -0.0959. The maximum absolute atomic E-state index is 12.2. The minimum absolute atomic E-state index is 0.0492. The van der Waals surface area contributed by atoms with Crippen LogP contribution >= 0.6 is 0 Å². The molecule has 108 valence electrons. The molecule has 2 heterocycles. The van der Waals surface area contributed by atoms with Crippen molar-refractivity contribution in [3.8, 4) is 0 Å². The van der Waals surface area contributed by atoms with E-state index < -0.39 is 6.10 Å². The lowest BCUT2D eigenvalue weighted by Crippen LogP contribution is -2.31. The minimum Gasteiger partial charge on any atom is -0.409 e. The Balaban J connectivity index is 2.07. The molecule has 0 spiro atoms. The van der Waals surface area contributed by atoms with Gasteiger partial charge in [0.15, 0.2) is 5.84 Å². The number of aromatic nitrogens is 1. The van der Waals surface area contributed by atoms with Crippen LogP contribution in [0.2, 0.25) is 0 Å². The van der Waals surface area contributed by atoms with Gasteiger partial charge in [-0.3, -0.25) is 9.78 Å². The Hall–Kier alpha value is -2.15. The predicted molar refractivity (Wildman–Crippen MR) is 72.4 cm³/mol. The van der Waals surface area contributed by atoms with Crippen LogP contribution in [0.15, 0.2) is 23.5 Å². The molecule has 4 N–H and O–H groups in total. The van der Waals surface area contributed by atoms with Gasteiger partial charge in [0.2, 0.25) is 0 Å². The highest BCUT2D eigenvalue weighted by Crippen LogP contribution is 2.21. The van der Waals surface area contributed by atoms with E-state index in [9.17, 15) is 9.90 Å². The molecule has 0 radical (unpaired) electrons. The largest absolute Gasteiger partial charge is 0.409 e. The molecule has 2 unspecified atom stereocenters. The summed E-state index contributed by atoms with van der Waals surface area (Å²) in [7, 11) is 0. The van der Waals surface area contributed by atoms with Crippen molar-refractivity contribution in [2.45, 2.75) is 19.4 Å². The van der Waals surface area contributed by atoms with E-state index in [2.05, 4.69) is 10.1 Å². The predicted octanol–water partition coefficient (Wildman–Crippen LogP) is 0.0190. The minimum atomic E-state index is -0.413. The molecule has 1 aliphatic rings. The van der Waals surface area contributed by atoms with E-state index >= 15 is 0 Å². The average molecular weight is 278 g/mol. The van der Waals surface area contributed by atoms with Gasteiger partial charge in [0.25, 0.3) is 5.91 Å². The lowest BCUT2D eigenvalue weighted by molar-refractivity contribution is 0.0757. The number of carbonyl (C=O) groups excluding carboxylic acids is 1. The smallest absolute Gasteiger partial charge is 0.272 e. The fourth-order valence-corrected chi connectivity index (χ4v) is 2.26. The summed E-state index contributed by atoms with van der Waals surface area (Å²) in [6.07, 6.45) is 1.78. The first-order chi connectivity index (χ1) is 9.52. The first kappa shape index (κ1) is 14.3. The summed E-state index contributed by atoms with van der Waals surface area (Å²) < 4.78 is 0. The van der Waals surface area contributed by atoms with Crippen LogP contribution in [0.5, 0.6) is 0 Å². The number of nitrogens with two attached hydrogens (primary N) is 1. The maximum Gasteiger partial charge on any atom is 0.272 e. The molecule has 0 saturated carbocycles. The fraction of sp³-hybridized carbons (Fsp3) is 0.462. The SMILES string of the molecule is CC(O)C1CCN(C(=O)c2ccc(/C(N)=N/O)cn2)C1. The Kier molecular flexibility index (Phi) is 4.19. The Morgan fingerprint density at radius 1 is 1.60 bits per heavy atom. The Morgan fingerprint density at radius 3 is 2.85 bits per heavy atom. The van der Waals surface area contributed by atoms with E-state index in [0.29, 0.717) is 24.3 Å². The molecule has 1 saturated heterocycles. The number of hydrogen-bond acceptors (Lipinski definition) is 5. The number of amides is 1. The van der Waals surface area contributed by atoms with Gasteiger partial charge in [0, 0.05) is 30.8 Å². The zero-order valence-corrected chi connectivity index (χ0v) is 11.2. The van der Waals surface area contributed by atoms with E-state index in [-0.39, 0.29) is 17.7 Å². The van der Waals surface area contributed by atoms with Crippen molar-refractivity contribution in [2.24, 2.45) is 16.8 Å². The quantitative estimate of drug-likeness (QED) is 0.312. The number of carbonyl (C=O) groups is 1. The Labute approximate surface area is 116 Å². The number of oxime groups is 1. The molecule has 1 amide bonds. The van der Waals surface area contributed by atoms with Crippen LogP contribution in [-0.4, -0.2) is 51.1 Å². The molecule has 7 heteroatoms. The first-order valence-electron chi connectivity index (χ1n) is 6.44. The van der Waals surface area contributed by atoms with Crippen LogP contribution in [0.1, 0.15) is 29.4 Å². The van der Waals surface area contributed by atoms with Gasteiger partial charge in [-0.2, -0.15) is 0 Å². The lowest BCUT2D eigenvalue weighted by atomic mass is 10.0. The lowest BCUT2D eigenvalue weighted by Gasteiger charge is -2.17. The molecular weight excluding hydrogens is 260 g/mol. The van der Waals surface area contributed by atoms with Crippen molar-refractivity contribution in [2.75, 3.05) is 13.1 Å². The standard InChI is InChI=1S/C13H18N4O3/c1-8(18)10-4-5-17(7-10)13(19)11-3-2-9(6-15-11)12(14)16-20/h2-3,6,8,10,18,20H,4-5,7H2,1H3,(H2,14,16). The number of rotatable bonds is 3. The Bertz CT molecular complexity index is 513. The molecule has 7 nitrogen and oxygen atoms in total. The molecule has 20 heavy (non-hydrogen) atoms. The van der Waals surface area contributed by atoms with Crippen LogP contribution in [0.3, 0.4) is 0 Å². The molecule has 1 aromatic heterocycles. The van der Waals surface area contributed by atoms with Crippen LogP contribution in [0.4, 0.5) is 0 Å². The molecule has 0 aliphatic carbocycles. The monoisotopic (exact) mass is 278 g/mol. The highest BCUT2D eigenvalue weighted by molar-refractivity contribution is 5.98. The second-order valence-corrected chi connectivity index (χ2v) is 4.96. The normalized spacial score (nSPS) is 21.0.